The van der Waals surface area contributed by atoms with E-state index in [1.54, 1.807) is 0 Å². The van der Waals surface area contributed by atoms with Gasteiger partial charge in [0.25, 0.3) is 0 Å². The van der Waals surface area contributed by atoms with Gasteiger partial charge in [-0.05, 0) is 34.8 Å². The van der Waals surface area contributed by atoms with Gasteiger partial charge in [-0.15, -0.1) is 0 Å². The number of rotatable bonds is 2. The minimum Gasteiger partial charge on any atom is -0.413 e. The van der Waals surface area contributed by atoms with Crippen molar-refractivity contribution in [1.82, 2.24) is 0 Å². The molecule has 0 fully saturated rings. The Morgan fingerprint density at radius 2 is 2.09 bits per heavy atom. The van der Waals surface area contributed by atoms with E-state index in [9.17, 15) is 4.79 Å². The van der Waals surface area contributed by atoms with Gasteiger partial charge in [0.1, 0.15) is 6.04 Å². The van der Waals surface area contributed by atoms with Gasteiger partial charge in [0.15, 0.2) is 0 Å². The fourth-order valence-corrected chi connectivity index (χ4v) is 0.492. The molecule has 0 amide bonds. The minimum absolute atomic E-state index is 0.556. The highest BCUT2D eigenvalue weighted by atomic mass is 35.6. The SMILES string of the molecule is NC(CO)C(=O)OC(Cl)(Cl)Cl. The molecule has 0 aliphatic heterocycles. The maximum absolute atomic E-state index is 10.6. The van der Waals surface area contributed by atoms with Gasteiger partial charge in [-0.3, -0.25) is 4.79 Å². The van der Waals surface area contributed by atoms with E-state index >= 15 is 0 Å². The van der Waals surface area contributed by atoms with Crippen LogP contribution in [0.25, 0.3) is 0 Å². The van der Waals surface area contributed by atoms with Crippen LogP contribution in [0.2, 0.25) is 0 Å². The highest BCUT2D eigenvalue weighted by Gasteiger charge is 2.27. The lowest BCUT2D eigenvalue weighted by Crippen LogP contribution is -2.37. The van der Waals surface area contributed by atoms with Gasteiger partial charge in [-0.1, -0.05) is 0 Å². The number of esters is 1. The summed E-state index contributed by atoms with van der Waals surface area (Å²) in [5.74, 6) is -0.965. The molecule has 7 heteroatoms. The Labute approximate surface area is 78.2 Å². The second-order valence-electron chi connectivity index (χ2n) is 1.66. The van der Waals surface area contributed by atoms with Gasteiger partial charge in [0, 0.05) is 0 Å². The second-order valence-corrected chi connectivity index (χ2v) is 3.83. The van der Waals surface area contributed by atoms with Gasteiger partial charge in [-0.25, -0.2) is 0 Å². The fraction of sp³-hybridized carbons (Fsp3) is 0.750. The Hall–Kier alpha value is 0.260. The zero-order valence-corrected chi connectivity index (χ0v) is 7.53. The minimum atomic E-state index is -2.12. The summed E-state index contributed by atoms with van der Waals surface area (Å²) in [6, 6.07) is -1.18. The smallest absolute Gasteiger partial charge is 0.340 e. The van der Waals surface area contributed by atoms with E-state index in [2.05, 4.69) is 4.74 Å². The van der Waals surface area contributed by atoms with Crippen LogP contribution in [0.5, 0.6) is 0 Å². The molecule has 0 saturated carbocycles. The second kappa shape index (κ2) is 4.33. The Balaban J connectivity index is 3.88. The predicted octanol–water partition coefficient (Wildman–Crippen LogP) is 0.177. The summed E-state index contributed by atoms with van der Waals surface area (Å²) in [5.41, 5.74) is 5.02. The van der Waals surface area contributed by atoms with Crippen LogP contribution in [0, 0.1) is 0 Å². The number of nitrogens with two attached hydrogens (primary N) is 1. The Morgan fingerprint density at radius 1 is 1.64 bits per heavy atom. The molecule has 0 saturated heterocycles. The quantitative estimate of drug-likeness (QED) is 0.516. The first-order chi connectivity index (χ1) is 4.87. The molecule has 1 unspecified atom stereocenters. The Kier molecular flexibility index (Phi) is 4.43. The number of halogens is 3. The molecule has 0 aromatic rings. The van der Waals surface area contributed by atoms with Crippen molar-refractivity contribution in [2.45, 2.75) is 10.0 Å². The van der Waals surface area contributed by atoms with Crippen molar-refractivity contribution < 1.29 is 14.6 Å². The van der Waals surface area contributed by atoms with Crippen LogP contribution in [0.4, 0.5) is 0 Å². The lowest BCUT2D eigenvalue weighted by molar-refractivity contribution is -0.146. The number of aliphatic hydroxyl groups excluding tert-OH is 1. The van der Waals surface area contributed by atoms with Gasteiger partial charge >= 0.3 is 9.95 Å². The van der Waals surface area contributed by atoms with E-state index in [-0.39, 0.29) is 0 Å². The summed E-state index contributed by atoms with van der Waals surface area (Å²) < 4.78 is 2.04. The molecule has 0 rings (SSSR count). The molecule has 0 aromatic heterocycles. The Morgan fingerprint density at radius 3 is 2.36 bits per heavy atom. The molecule has 0 radical (unpaired) electrons. The summed E-state index contributed by atoms with van der Waals surface area (Å²) in [5, 5.41) is 8.35. The average Bonchev–Trinajstić information content (AvgIpc) is 1.82. The average molecular weight is 222 g/mol. The van der Waals surface area contributed by atoms with E-state index in [4.69, 9.17) is 45.6 Å². The molecular formula is C4H6Cl3NO3. The van der Waals surface area contributed by atoms with Crippen LogP contribution in [-0.4, -0.2) is 27.7 Å². The number of ether oxygens (including phenoxy) is 1. The van der Waals surface area contributed by atoms with E-state index in [0.29, 0.717) is 0 Å². The van der Waals surface area contributed by atoms with Crippen molar-refractivity contribution in [3.05, 3.63) is 0 Å². The first-order valence-electron chi connectivity index (χ1n) is 2.53. The van der Waals surface area contributed by atoms with Crippen molar-refractivity contribution in [3.63, 3.8) is 0 Å². The molecule has 0 aromatic carbocycles. The van der Waals surface area contributed by atoms with Crippen LogP contribution in [-0.2, 0) is 9.53 Å². The van der Waals surface area contributed by atoms with Gasteiger partial charge in [0.05, 0.1) is 6.61 Å². The van der Waals surface area contributed by atoms with E-state index in [1.165, 1.54) is 0 Å². The molecule has 0 heterocycles. The summed E-state index contributed by atoms with van der Waals surface area (Å²) in [7, 11) is 0. The van der Waals surface area contributed by atoms with Crippen molar-refractivity contribution in [2.24, 2.45) is 5.73 Å². The molecule has 11 heavy (non-hydrogen) atoms. The summed E-state index contributed by atoms with van der Waals surface area (Å²) in [6.07, 6.45) is 0. The molecule has 0 aliphatic rings. The van der Waals surface area contributed by atoms with Crippen LogP contribution in [0.1, 0.15) is 0 Å². The van der Waals surface area contributed by atoms with Crippen LogP contribution >= 0.6 is 34.8 Å². The van der Waals surface area contributed by atoms with Crippen LogP contribution in [0.15, 0.2) is 0 Å². The van der Waals surface area contributed by atoms with Crippen LogP contribution < -0.4 is 5.73 Å². The molecule has 0 spiro atoms. The summed E-state index contributed by atoms with van der Waals surface area (Å²) >= 11 is 15.2. The Bertz CT molecular complexity index is 146. The standard InChI is InChI=1S/C4H6Cl3NO3/c5-4(6,7)11-3(10)2(8)1-9/h2,9H,1,8H2. The van der Waals surface area contributed by atoms with Crippen LogP contribution in [0.3, 0.4) is 0 Å². The largest absolute Gasteiger partial charge is 0.413 e. The van der Waals surface area contributed by atoms with E-state index in [0.717, 1.165) is 0 Å². The molecule has 66 valence electrons. The molecule has 3 N–H and O–H groups in total. The topological polar surface area (TPSA) is 72.5 Å². The third-order valence-corrected chi connectivity index (χ3v) is 0.947. The molecule has 0 bridgehead atoms. The molecule has 1 atom stereocenters. The van der Waals surface area contributed by atoms with Crippen molar-refractivity contribution in [2.75, 3.05) is 6.61 Å². The number of hydrogen-bond acceptors (Lipinski definition) is 4. The maximum atomic E-state index is 10.6. The highest BCUT2D eigenvalue weighted by molar-refractivity contribution is 6.66. The monoisotopic (exact) mass is 221 g/mol. The lowest BCUT2D eigenvalue weighted by Gasteiger charge is -2.14. The fourth-order valence-electron chi connectivity index (χ4n) is 0.264. The maximum Gasteiger partial charge on any atom is 0.340 e. The number of hydrogen-bond donors (Lipinski definition) is 2. The summed E-state index contributed by atoms with van der Waals surface area (Å²) in [6.45, 7) is -0.556. The zero-order chi connectivity index (χ0) is 9.07. The van der Waals surface area contributed by atoms with E-state index in [1.807, 2.05) is 0 Å². The van der Waals surface area contributed by atoms with Crippen molar-refractivity contribution in [3.8, 4) is 0 Å². The first-order valence-corrected chi connectivity index (χ1v) is 3.66. The summed E-state index contributed by atoms with van der Waals surface area (Å²) in [4.78, 5) is 10.6. The number of alkyl halides is 3. The number of aliphatic hydroxyl groups is 1. The van der Waals surface area contributed by atoms with Gasteiger partial charge in [0.2, 0.25) is 0 Å². The number of carbonyl (C=O) groups is 1. The van der Waals surface area contributed by atoms with E-state index < -0.39 is 22.6 Å². The zero-order valence-electron chi connectivity index (χ0n) is 5.26. The first kappa shape index (κ1) is 11.3. The third-order valence-electron chi connectivity index (χ3n) is 0.716. The molecular weight excluding hydrogens is 216 g/mol. The predicted molar refractivity (Wildman–Crippen MR) is 41.4 cm³/mol. The molecule has 0 aliphatic carbocycles. The highest BCUT2D eigenvalue weighted by Crippen LogP contribution is 2.27. The van der Waals surface area contributed by atoms with Crippen molar-refractivity contribution in [1.29, 1.82) is 0 Å². The normalized spacial score (nSPS) is 14.3. The van der Waals surface area contributed by atoms with Gasteiger partial charge in [-0.2, -0.15) is 0 Å². The van der Waals surface area contributed by atoms with Gasteiger partial charge < -0.3 is 15.6 Å². The lowest BCUT2D eigenvalue weighted by atomic mass is 10.3. The number of carbonyl (C=O) groups excluding carboxylic acids is 1. The van der Waals surface area contributed by atoms with Crippen molar-refractivity contribution >= 4 is 40.8 Å². The molecule has 4 nitrogen and oxygen atoms in total. The third kappa shape index (κ3) is 5.52.